The topological polar surface area (TPSA) is 60.5 Å². The van der Waals surface area contributed by atoms with E-state index in [-0.39, 0.29) is 12.5 Å². The van der Waals surface area contributed by atoms with Gasteiger partial charge in [-0.2, -0.15) is 0 Å². The molecule has 0 aliphatic rings. The van der Waals surface area contributed by atoms with Crippen LogP contribution < -0.4 is 14.8 Å². The Labute approximate surface area is 137 Å². The van der Waals surface area contributed by atoms with Crippen LogP contribution in [-0.2, 0) is 4.79 Å². The number of aryl methyl sites for hydroxylation is 1. The molecular formula is C17H16N2O3S. The van der Waals surface area contributed by atoms with Gasteiger partial charge in [0, 0.05) is 11.8 Å². The molecule has 0 radical (unpaired) electrons. The van der Waals surface area contributed by atoms with Gasteiger partial charge in [0.05, 0.1) is 22.3 Å². The number of benzene rings is 2. The van der Waals surface area contributed by atoms with E-state index in [4.69, 9.17) is 9.47 Å². The van der Waals surface area contributed by atoms with Crippen LogP contribution in [0.2, 0.25) is 0 Å². The summed E-state index contributed by atoms with van der Waals surface area (Å²) >= 11 is 1.60. The number of aromatic nitrogens is 1. The molecule has 118 valence electrons. The van der Waals surface area contributed by atoms with E-state index in [0.29, 0.717) is 11.5 Å². The predicted molar refractivity (Wildman–Crippen MR) is 91.5 cm³/mol. The minimum atomic E-state index is -0.214. The normalized spacial score (nSPS) is 10.5. The summed E-state index contributed by atoms with van der Waals surface area (Å²) < 4.78 is 11.6. The molecule has 0 aliphatic carbocycles. The van der Waals surface area contributed by atoms with E-state index in [0.717, 1.165) is 20.9 Å². The third-order valence-electron chi connectivity index (χ3n) is 3.19. The summed E-state index contributed by atoms with van der Waals surface area (Å²) in [5.41, 5.74) is 1.68. The number of rotatable bonds is 5. The molecule has 3 rings (SSSR count). The third kappa shape index (κ3) is 3.78. The van der Waals surface area contributed by atoms with Crippen LogP contribution in [0.3, 0.4) is 0 Å². The fourth-order valence-corrected chi connectivity index (χ4v) is 3.02. The molecule has 23 heavy (non-hydrogen) atoms. The van der Waals surface area contributed by atoms with Crippen LogP contribution in [0.4, 0.5) is 5.69 Å². The lowest BCUT2D eigenvalue weighted by Gasteiger charge is -2.08. The minimum absolute atomic E-state index is 0.0626. The lowest BCUT2D eigenvalue weighted by Crippen LogP contribution is -2.20. The third-order valence-corrected chi connectivity index (χ3v) is 4.12. The fraction of sp³-hybridized carbons (Fsp3) is 0.176. The van der Waals surface area contributed by atoms with Crippen molar-refractivity contribution < 1.29 is 14.3 Å². The fourth-order valence-electron chi connectivity index (χ4n) is 2.15. The Morgan fingerprint density at radius 3 is 2.87 bits per heavy atom. The van der Waals surface area contributed by atoms with Gasteiger partial charge in [0.25, 0.3) is 5.91 Å². The van der Waals surface area contributed by atoms with Crippen molar-refractivity contribution in [2.45, 2.75) is 6.92 Å². The van der Waals surface area contributed by atoms with Crippen molar-refractivity contribution in [1.82, 2.24) is 4.98 Å². The van der Waals surface area contributed by atoms with Gasteiger partial charge in [-0.15, -0.1) is 11.3 Å². The average Bonchev–Trinajstić information content (AvgIpc) is 2.92. The van der Waals surface area contributed by atoms with Gasteiger partial charge in [0.1, 0.15) is 11.5 Å². The number of amides is 1. The molecule has 1 amide bonds. The number of thiazole rings is 1. The highest BCUT2D eigenvalue weighted by Crippen LogP contribution is 2.24. The van der Waals surface area contributed by atoms with Crippen LogP contribution >= 0.6 is 11.3 Å². The monoisotopic (exact) mass is 328 g/mol. The zero-order chi connectivity index (χ0) is 16.2. The first-order valence-electron chi connectivity index (χ1n) is 7.08. The lowest BCUT2D eigenvalue weighted by molar-refractivity contribution is -0.118. The van der Waals surface area contributed by atoms with Crippen molar-refractivity contribution in [2.24, 2.45) is 0 Å². The minimum Gasteiger partial charge on any atom is -0.497 e. The number of anilines is 1. The number of hydrogen-bond acceptors (Lipinski definition) is 5. The van der Waals surface area contributed by atoms with Gasteiger partial charge in [-0.1, -0.05) is 6.07 Å². The Balaban J connectivity index is 1.61. The van der Waals surface area contributed by atoms with E-state index in [1.165, 1.54) is 0 Å². The molecule has 0 saturated carbocycles. The van der Waals surface area contributed by atoms with Gasteiger partial charge in [-0.05, 0) is 37.3 Å². The first-order chi connectivity index (χ1) is 11.1. The molecule has 0 unspecified atom stereocenters. The van der Waals surface area contributed by atoms with E-state index >= 15 is 0 Å². The number of nitrogens with zero attached hydrogens (tertiary/aromatic N) is 1. The largest absolute Gasteiger partial charge is 0.497 e. The van der Waals surface area contributed by atoms with Gasteiger partial charge in [-0.3, -0.25) is 4.79 Å². The van der Waals surface area contributed by atoms with E-state index < -0.39 is 0 Å². The standard InChI is InChI=1S/C17H16N2O3S/c1-11-18-15-7-6-12(8-16(15)23-11)19-17(20)10-22-14-5-3-4-13(9-14)21-2/h3-9H,10H2,1-2H3,(H,19,20). The summed E-state index contributed by atoms with van der Waals surface area (Å²) in [5.74, 6) is 1.07. The molecule has 0 spiro atoms. The summed E-state index contributed by atoms with van der Waals surface area (Å²) in [6, 6.07) is 12.8. The molecule has 0 bridgehead atoms. The molecule has 5 nitrogen and oxygen atoms in total. The summed E-state index contributed by atoms with van der Waals surface area (Å²) in [5, 5.41) is 3.83. The Hall–Kier alpha value is -2.60. The van der Waals surface area contributed by atoms with Gasteiger partial charge < -0.3 is 14.8 Å². The van der Waals surface area contributed by atoms with E-state index in [2.05, 4.69) is 10.3 Å². The number of carbonyl (C=O) groups excluding carboxylic acids is 1. The molecule has 2 aromatic carbocycles. The number of hydrogen-bond donors (Lipinski definition) is 1. The highest BCUT2D eigenvalue weighted by atomic mass is 32.1. The van der Waals surface area contributed by atoms with Crippen LogP contribution in [0.15, 0.2) is 42.5 Å². The maximum absolute atomic E-state index is 12.0. The summed E-state index contributed by atoms with van der Waals surface area (Å²) in [6.07, 6.45) is 0. The maximum Gasteiger partial charge on any atom is 0.262 e. The summed E-state index contributed by atoms with van der Waals surface area (Å²) in [7, 11) is 1.59. The van der Waals surface area contributed by atoms with Gasteiger partial charge in [-0.25, -0.2) is 4.98 Å². The van der Waals surface area contributed by atoms with Crippen molar-refractivity contribution in [3.8, 4) is 11.5 Å². The summed E-state index contributed by atoms with van der Waals surface area (Å²) in [6.45, 7) is 1.90. The molecule has 0 aliphatic heterocycles. The molecule has 1 heterocycles. The number of methoxy groups -OCH3 is 1. The van der Waals surface area contributed by atoms with Crippen molar-refractivity contribution in [3.05, 3.63) is 47.5 Å². The Bertz CT molecular complexity index is 845. The van der Waals surface area contributed by atoms with E-state index in [1.54, 1.807) is 30.6 Å². The first-order valence-corrected chi connectivity index (χ1v) is 7.89. The van der Waals surface area contributed by atoms with Crippen LogP contribution in [0.5, 0.6) is 11.5 Å². The van der Waals surface area contributed by atoms with Crippen molar-refractivity contribution in [1.29, 1.82) is 0 Å². The maximum atomic E-state index is 12.0. The molecule has 1 aromatic heterocycles. The van der Waals surface area contributed by atoms with Crippen LogP contribution in [-0.4, -0.2) is 24.6 Å². The van der Waals surface area contributed by atoms with Crippen molar-refractivity contribution in [3.63, 3.8) is 0 Å². The zero-order valence-electron chi connectivity index (χ0n) is 12.8. The average molecular weight is 328 g/mol. The lowest BCUT2D eigenvalue weighted by atomic mass is 10.3. The second-order valence-electron chi connectivity index (χ2n) is 4.93. The number of nitrogens with one attached hydrogen (secondary N) is 1. The summed E-state index contributed by atoms with van der Waals surface area (Å²) in [4.78, 5) is 16.4. The predicted octanol–water partition coefficient (Wildman–Crippen LogP) is 3.63. The van der Waals surface area contributed by atoms with Crippen LogP contribution in [0.1, 0.15) is 5.01 Å². The number of ether oxygens (including phenoxy) is 2. The molecular weight excluding hydrogens is 312 g/mol. The Morgan fingerprint density at radius 2 is 2.04 bits per heavy atom. The van der Waals surface area contributed by atoms with Gasteiger partial charge >= 0.3 is 0 Å². The molecule has 0 fully saturated rings. The van der Waals surface area contributed by atoms with Crippen molar-refractivity contribution >= 4 is 33.1 Å². The number of carbonyl (C=O) groups is 1. The molecule has 3 aromatic rings. The Morgan fingerprint density at radius 1 is 1.22 bits per heavy atom. The highest BCUT2D eigenvalue weighted by molar-refractivity contribution is 7.18. The second-order valence-corrected chi connectivity index (χ2v) is 6.17. The molecule has 0 saturated heterocycles. The first kappa shape index (κ1) is 15.3. The van der Waals surface area contributed by atoms with E-state index in [9.17, 15) is 4.79 Å². The number of fused-ring (bicyclic) bond motifs is 1. The van der Waals surface area contributed by atoms with Crippen LogP contribution in [0, 0.1) is 6.92 Å². The van der Waals surface area contributed by atoms with Gasteiger partial charge in [0.15, 0.2) is 6.61 Å². The molecule has 6 heteroatoms. The SMILES string of the molecule is COc1cccc(OCC(=O)Nc2ccc3nc(C)sc3c2)c1. The molecule has 1 N–H and O–H groups in total. The zero-order valence-corrected chi connectivity index (χ0v) is 13.6. The molecule has 0 atom stereocenters. The highest BCUT2D eigenvalue weighted by Gasteiger charge is 2.07. The second kappa shape index (κ2) is 6.66. The Kier molecular flexibility index (Phi) is 4.43. The van der Waals surface area contributed by atoms with Crippen LogP contribution in [0.25, 0.3) is 10.2 Å². The smallest absolute Gasteiger partial charge is 0.262 e. The quantitative estimate of drug-likeness (QED) is 0.777. The van der Waals surface area contributed by atoms with E-state index in [1.807, 2.05) is 37.3 Å². The van der Waals surface area contributed by atoms with Gasteiger partial charge in [0.2, 0.25) is 0 Å². The van der Waals surface area contributed by atoms with Crippen molar-refractivity contribution in [2.75, 3.05) is 19.0 Å².